The molecule has 0 aliphatic heterocycles. The number of aryl methyl sites for hydroxylation is 1. The highest BCUT2D eigenvalue weighted by Gasteiger charge is 2.28. The van der Waals surface area contributed by atoms with Gasteiger partial charge in [-0.25, -0.2) is 9.79 Å². The fraction of sp³-hybridized carbons (Fsp3) is 0.500. The van der Waals surface area contributed by atoms with Crippen LogP contribution in [0.5, 0.6) is 0 Å². The van der Waals surface area contributed by atoms with Crippen molar-refractivity contribution in [3.05, 3.63) is 16.5 Å². The second-order valence-corrected chi connectivity index (χ2v) is 6.16. The second-order valence-electron chi connectivity index (χ2n) is 5.05. The van der Waals surface area contributed by atoms with Crippen LogP contribution in [-0.2, 0) is 20.7 Å². The van der Waals surface area contributed by atoms with Crippen molar-refractivity contribution in [3.8, 4) is 0 Å². The van der Waals surface area contributed by atoms with Crippen molar-refractivity contribution < 1.29 is 19.1 Å². The van der Waals surface area contributed by atoms with Crippen molar-refractivity contribution in [1.29, 1.82) is 0 Å². The van der Waals surface area contributed by atoms with E-state index in [0.717, 1.165) is 11.3 Å². The first-order valence-corrected chi connectivity index (χ1v) is 8.27. The standard InChI is InChI=1S/C16H19NO4S/c1-3-10-8-11(16(20)21-4-2)15(22-10)17-9-12-13(18)6-5-7-14(12)19/h8-9,12H,3-7H2,1-2H3/b17-9+. The number of esters is 1. The van der Waals surface area contributed by atoms with Gasteiger partial charge >= 0.3 is 5.97 Å². The first-order chi connectivity index (χ1) is 10.6. The Labute approximate surface area is 133 Å². The molecule has 1 heterocycles. The van der Waals surface area contributed by atoms with Crippen LogP contribution < -0.4 is 0 Å². The van der Waals surface area contributed by atoms with Crippen LogP contribution in [0.4, 0.5) is 5.00 Å². The van der Waals surface area contributed by atoms with E-state index in [4.69, 9.17) is 4.74 Å². The molecule has 0 bridgehead atoms. The summed E-state index contributed by atoms with van der Waals surface area (Å²) in [5, 5.41) is 0.501. The fourth-order valence-corrected chi connectivity index (χ4v) is 3.23. The monoisotopic (exact) mass is 321 g/mol. The molecular weight excluding hydrogens is 302 g/mol. The molecule has 0 amide bonds. The van der Waals surface area contributed by atoms with Gasteiger partial charge in [-0.3, -0.25) is 9.59 Å². The van der Waals surface area contributed by atoms with Gasteiger partial charge in [0.15, 0.2) is 0 Å². The van der Waals surface area contributed by atoms with E-state index < -0.39 is 11.9 Å². The summed E-state index contributed by atoms with van der Waals surface area (Å²) in [5.41, 5.74) is 0.399. The summed E-state index contributed by atoms with van der Waals surface area (Å²) in [6, 6.07) is 1.76. The normalized spacial score (nSPS) is 16.5. The highest BCUT2D eigenvalue weighted by Crippen LogP contribution is 2.32. The summed E-state index contributed by atoms with van der Waals surface area (Å²) in [4.78, 5) is 40.8. The minimum Gasteiger partial charge on any atom is -0.462 e. The van der Waals surface area contributed by atoms with E-state index in [1.807, 2.05) is 6.92 Å². The van der Waals surface area contributed by atoms with Crippen molar-refractivity contribution in [3.63, 3.8) is 0 Å². The fourth-order valence-electron chi connectivity index (χ4n) is 2.29. The van der Waals surface area contributed by atoms with Gasteiger partial charge in [0, 0.05) is 23.9 Å². The second kappa shape index (κ2) is 7.45. The molecule has 5 nitrogen and oxygen atoms in total. The SMILES string of the molecule is CCOC(=O)c1cc(CC)sc1/N=C/C1C(=O)CCCC1=O. The van der Waals surface area contributed by atoms with Gasteiger partial charge in [0.1, 0.15) is 22.5 Å². The van der Waals surface area contributed by atoms with E-state index in [-0.39, 0.29) is 11.6 Å². The molecule has 118 valence electrons. The number of carbonyl (C=O) groups excluding carboxylic acids is 3. The van der Waals surface area contributed by atoms with E-state index in [1.54, 1.807) is 13.0 Å². The summed E-state index contributed by atoms with van der Waals surface area (Å²) < 4.78 is 5.02. The van der Waals surface area contributed by atoms with Gasteiger partial charge in [-0.1, -0.05) is 6.92 Å². The van der Waals surface area contributed by atoms with Gasteiger partial charge in [-0.15, -0.1) is 11.3 Å². The van der Waals surface area contributed by atoms with Crippen molar-refractivity contribution in [2.75, 3.05) is 6.61 Å². The molecule has 0 saturated heterocycles. The molecule has 0 atom stereocenters. The largest absolute Gasteiger partial charge is 0.462 e. The molecule has 1 aliphatic carbocycles. The maximum atomic E-state index is 12.0. The van der Waals surface area contributed by atoms with E-state index in [0.29, 0.717) is 36.4 Å². The van der Waals surface area contributed by atoms with Crippen LogP contribution in [0.1, 0.15) is 48.3 Å². The van der Waals surface area contributed by atoms with Gasteiger partial charge in [0.05, 0.1) is 12.2 Å². The Hall–Kier alpha value is -1.82. The number of ketones is 2. The number of hydrogen-bond acceptors (Lipinski definition) is 6. The maximum absolute atomic E-state index is 12.0. The smallest absolute Gasteiger partial charge is 0.341 e. The molecular formula is C16H19NO4S. The van der Waals surface area contributed by atoms with Crippen LogP contribution in [0, 0.1) is 5.92 Å². The number of rotatable bonds is 5. The molecule has 1 aromatic heterocycles. The Morgan fingerprint density at radius 3 is 2.64 bits per heavy atom. The first-order valence-electron chi connectivity index (χ1n) is 7.46. The molecule has 1 aromatic rings. The predicted molar refractivity (Wildman–Crippen MR) is 85.2 cm³/mol. The van der Waals surface area contributed by atoms with E-state index in [2.05, 4.69) is 4.99 Å². The molecule has 0 aromatic carbocycles. The number of aliphatic imine (C=N–C) groups is 1. The minimum absolute atomic E-state index is 0.0926. The van der Waals surface area contributed by atoms with Crippen LogP contribution in [0.15, 0.2) is 11.1 Å². The van der Waals surface area contributed by atoms with Gasteiger partial charge < -0.3 is 4.74 Å². The number of nitrogens with zero attached hydrogens (tertiary/aromatic N) is 1. The summed E-state index contributed by atoms with van der Waals surface area (Å²) >= 11 is 1.38. The predicted octanol–water partition coefficient (Wildman–Crippen LogP) is 3.13. The lowest BCUT2D eigenvalue weighted by atomic mass is 9.88. The van der Waals surface area contributed by atoms with Crippen LogP contribution in [0.2, 0.25) is 0 Å². The van der Waals surface area contributed by atoms with E-state index >= 15 is 0 Å². The molecule has 0 spiro atoms. The zero-order chi connectivity index (χ0) is 16.1. The molecule has 6 heteroatoms. The number of Topliss-reactive ketones (excluding diaryl/α,β-unsaturated/α-hetero) is 2. The minimum atomic E-state index is -0.768. The van der Waals surface area contributed by atoms with Crippen LogP contribution in [0.3, 0.4) is 0 Å². The Morgan fingerprint density at radius 1 is 1.36 bits per heavy atom. The zero-order valence-corrected chi connectivity index (χ0v) is 13.6. The zero-order valence-electron chi connectivity index (χ0n) is 12.8. The molecule has 0 N–H and O–H groups in total. The summed E-state index contributed by atoms with van der Waals surface area (Å²) in [7, 11) is 0. The van der Waals surface area contributed by atoms with Gasteiger partial charge in [-0.05, 0) is 25.8 Å². The third-order valence-corrected chi connectivity index (χ3v) is 4.68. The topological polar surface area (TPSA) is 72.8 Å². The lowest BCUT2D eigenvalue weighted by Gasteiger charge is -2.14. The highest BCUT2D eigenvalue weighted by atomic mass is 32.1. The first kappa shape index (κ1) is 16.5. The van der Waals surface area contributed by atoms with Crippen molar-refractivity contribution in [1.82, 2.24) is 0 Å². The molecule has 1 fully saturated rings. The number of hydrogen-bond donors (Lipinski definition) is 0. The Balaban J connectivity index is 2.25. The molecule has 0 unspecified atom stereocenters. The summed E-state index contributed by atoms with van der Waals surface area (Å²) in [6.07, 6.45) is 3.62. The lowest BCUT2D eigenvalue weighted by Crippen LogP contribution is -2.29. The maximum Gasteiger partial charge on any atom is 0.341 e. The van der Waals surface area contributed by atoms with Crippen LogP contribution in [0.25, 0.3) is 0 Å². The van der Waals surface area contributed by atoms with Crippen molar-refractivity contribution in [2.24, 2.45) is 10.9 Å². The molecule has 22 heavy (non-hydrogen) atoms. The van der Waals surface area contributed by atoms with Crippen LogP contribution in [-0.4, -0.2) is 30.4 Å². The lowest BCUT2D eigenvalue weighted by molar-refractivity contribution is -0.132. The van der Waals surface area contributed by atoms with Gasteiger partial charge in [0.25, 0.3) is 0 Å². The average molecular weight is 321 g/mol. The third-order valence-electron chi connectivity index (χ3n) is 3.49. The van der Waals surface area contributed by atoms with Gasteiger partial charge in [0.2, 0.25) is 0 Å². The molecule has 0 radical (unpaired) electrons. The average Bonchev–Trinajstić information content (AvgIpc) is 2.90. The highest BCUT2D eigenvalue weighted by molar-refractivity contribution is 7.16. The van der Waals surface area contributed by atoms with E-state index in [9.17, 15) is 14.4 Å². The van der Waals surface area contributed by atoms with Crippen molar-refractivity contribution in [2.45, 2.75) is 39.5 Å². The Bertz CT molecular complexity index is 602. The summed E-state index contributed by atoms with van der Waals surface area (Å²) in [6.45, 7) is 4.02. The number of thiophene rings is 1. The molecule has 1 aliphatic rings. The van der Waals surface area contributed by atoms with Crippen molar-refractivity contribution >= 4 is 40.1 Å². The van der Waals surface area contributed by atoms with Gasteiger partial charge in [-0.2, -0.15) is 0 Å². The van der Waals surface area contributed by atoms with Crippen LogP contribution >= 0.6 is 11.3 Å². The number of ether oxygens (including phenoxy) is 1. The molecule has 1 saturated carbocycles. The molecule has 2 rings (SSSR count). The Morgan fingerprint density at radius 2 is 2.05 bits per heavy atom. The summed E-state index contributed by atoms with van der Waals surface area (Å²) in [5.74, 6) is -1.38. The quantitative estimate of drug-likeness (QED) is 0.474. The Kier molecular flexibility index (Phi) is 5.60. The van der Waals surface area contributed by atoms with E-state index in [1.165, 1.54) is 17.6 Å². The third kappa shape index (κ3) is 3.68. The number of carbonyl (C=O) groups is 3.